The van der Waals surface area contributed by atoms with Crippen LogP contribution in [0.5, 0.6) is 0 Å². The molecule has 100 valence electrons. The third-order valence-corrected chi connectivity index (χ3v) is 3.55. The second-order valence-electron chi connectivity index (χ2n) is 5.13. The first-order chi connectivity index (χ1) is 8.84. The first kappa shape index (κ1) is 13.3. The van der Waals surface area contributed by atoms with Crippen LogP contribution in [0.25, 0.3) is 10.9 Å². The number of aromatic amines is 1. The molecular weight excluding hydrogens is 242 g/mol. The van der Waals surface area contributed by atoms with E-state index < -0.39 is 11.5 Å². The first-order valence-electron chi connectivity index (χ1n) is 6.24. The van der Waals surface area contributed by atoms with Crippen LogP contribution in [0.4, 0.5) is 0 Å². The zero-order valence-electron chi connectivity index (χ0n) is 11.5. The van der Waals surface area contributed by atoms with Gasteiger partial charge in [-0.25, -0.2) is 4.79 Å². The lowest BCUT2D eigenvalue weighted by atomic mass is 9.92. The highest BCUT2D eigenvalue weighted by atomic mass is 16.4. The lowest BCUT2D eigenvalue weighted by molar-refractivity contribution is 0.0693. The van der Waals surface area contributed by atoms with E-state index in [9.17, 15) is 14.7 Å². The molecule has 0 unspecified atom stereocenters. The smallest absolute Gasteiger partial charge is 0.341 e. The number of carboxylic acids is 1. The fourth-order valence-electron chi connectivity index (χ4n) is 2.45. The summed E-state index contributed by atoms with van der Waals surface area (Å²) in [6.45, 7) is 7.69. The first-order valence-corrected chi connectivity index (χ1v) is 6.24. The van der Waals surface area contributed by atoms with Crippen LogP contribution < -0.4 is 5.56 Å². The number of aryl methyl sites for hydroxylation is 2. The van der Waals surface area contributed by atoms with Gasteiger partial charge in [0.25, 0.3) is 5.56 Å². The maximum atomic E-state index is 12.0. The average molecular weight is 259 g/mol. The van der Waals surface area contributed by atoms with E-state index in [1.807, 2.05) is 39.8 Å². The topological polar surface area (TPSA) is 70.2 Å². The number of nitrogens with one attached hydrogen (secondary N) is 1. The van der Waals surface area contributed by atoms with Gasteiger partial charge in [-0.05, 0) is 36.5 Å². The Hall–Kier alpha value is -2.10. The highest BCUT2D eigenvalue weighted by molar-refractivity contribution is 5.97. The number of carbonyl (C=O) groups is 1. The van der Waals surface area contributed by atoms with Crippen LogP contribution in [0, 0.1) is 13.8 Å². The van der Waals surface area contributed by atoms with E-state index in [0.717, 1.165) is 22.0 Å². The Kier molecular flexibility index (Phi) is 3.18. The fourth-order valence-corrected chi connectivity index (χ4v) is 2.45. The van der Waals surface area contributed by atoms with Crippen molar-refractivity contribution in [3.8, 4) is 0 Å². The number of H-pyrrole nitrogens is 1. The summed E-state index contributed by atoms with van der Waals surface area (Å²) in [5, 5.41) is 10.1. The third-order valence-electron chi connectivity index (χ3n) is 3.55. The van der Waals surface area contributed by atoms with Crippen molar-refractivity contribution in [3.63, 3.8) is 0 Å². The molecule has 0 saturated heterocycles. The van der Waals surface area contributed by atoms with Crippen LogP contribution in [-0.2, 0) is 0 Å². The maximum Gasteiger partial charge on any atom is 0.341 e. The molecule has 0 aliphatic heterocycles. The molecule has 1 aromatic carbocycles. The minimum Gasteiger partial charge on any atom is -0.477 e. The monoisotopic (exact) mass is 259 g/mol. The molecule has 1 heterocycles. The van der Waals surface area contributed by atoms with E-state index in [0.29, 0.717) is 5.56 Å². The molecule has 0 atom stereocenters. The van der Waals surface area contributed by atoms with Crippen molar-refractivity contribution in [3.05, 3.63) is 44.7 Å². The SMILES string of the molecule is Cc1ccc2c(C(C)C)c(C(=O)O)c(=O)[nH]c2c1C. The molecule has 2 rings (SSSR count). The van der Waals surface area contributed by atoms with Crippen molar-refractivity contribution < 1.29 is 9.90 Å². The number of hydrogen-bond donors (Lipinski definition) is 2. The highest BCUT2D eigenvalue weighted by Gasteiger charge is 2.21. The van der Waals surface area contributed by atoms with Crippen molar-refractivity contribution >= 4 is 16.9 Å². The number of aromatic carboxylic acids is 1. The van der Waals surface area contributed by atoms with Crippen LogP contribution in [0.2, 0.25) is 0 Å². The van der Waals surface area contributed by atoms with Crippen LogP contribution >= 0.6 is 0 Å². The average Bonchev–Trinajstić information content (AvgIpc) is 2.32. The summed E-state index contributed by atoms with van der Waals surface area (Å²) in [5.74, 6) is -1.21. The van der Waals surface area contributed by atoms with E-state index in [2.05, 4.69) is 4.98 Å². The number of carboxylic acid groups (broad SMARTS) is 1. The van der Waals surface area contributed by atoms with E-state index in [-0.39, 0.29) is 11.5 Å². The van der Waals surface area contributed by atoms with Gasteiger partial charge in [0.05, 0.1) is 5.52 Å². The van der Waals surface area contributed by atoms with Gasteiger partial charge in [0.1, 0.15) is 5.56 Å². The van der Waals surface area contributed by atoms with Gasteiger partial charge in [0.15, 0.2) is 0 Å². The van der Waals surface area contributed by atoms with Crippen molar-refractivity contribution in [2.24, 2.45) is 0 Å². The Balaban J connectivity index is 3.06. The largest absolute Gasteiger partial charge is 0.477 e. The molecule has 4 nitrogen and oxygen atoms in total. The predicted molar refractivity (Wildman–Crippen MR) is 75.1 cm³/mol. The van der Waals surface area contributed by atoms with Gasteiger partial charge in [-0.3, -0.25) is 4.79 Å². The molecule has 0 spiro atoms. The summed E-state index contributed by atoms with van der Waals surface area (Å²) in [7, 11) is 0. The zero-order chi connectivity index (χ0) is 14.3. The molecule has 2 N–H and O–H groups in total. The van der Waals surface area contributed by atoms with Gasteiger partial charge < -0.3 is 10.1 Å². The number of benzene rings is 1. The van der Waals surface area contributed by atoms with Crippen LogP contribution in [-0.4, -0.2) is 16.1 Å². The number of hydrogen-bond acceptors (Lipinski definition) is 2. The van der Waals surface area contributed by atoms with Gasteiger partial charge in [0, 0.05) is 5.39 Å². The minimum atomic E-state index is -1.18. The fraction of sp³-hybridized carbons (Fsp3) is 0.333. The lowest BCUT2D eigenvalue weighted by Crippen LogP contribution is -2.22. The van der Waals surface area contributed by atoms with Crippen molar-refractivity contribution in [2.75, 3.05) is 0 Å². The maximum absolute atomic E-state index is 12.0. The second kappa shape index (κ2) is 4.53. The number of aromatic nitrogens is 1. The van der Waals surface area contributed by atoms with E-state index in [1.165, 1.54) is 0 Å². The molecule has 0 saturated carbocycles. The lowest BCUT2D eigenvalue weighted by Gasteiger charge is -2.15. The number of fused-ring (bicyclic) bond motifs is 1. The Bertz CT molecular complexity index is 726. The molecule has 4 heteroatoms. The predicted octanol–water partition coefficient (Wildman–Crippen LogP) is 2.97. The molecule has 0 amide bonds. The van der Waals surface area contributed by atoms with Crippen LogP contribution in [0.3, 0.4) is 0 Å². The van der Waals surface area contributed by atoms with E-state index in [1.54, 1.807) is 0 Å². The normalized spacial score (nSPS) is 11.2. The molecule has 0 aliphatic carbocycles. The summed E-state index contributed by atoms with van der Waals surface area (Å²) < 4.78 is 0. The van der Waals surface area contributed by atoms with E-state index in [4.69, 9.17) is 0 Å². The highest BCUT2D eigenvalue weighted by Crippen LogP contribution is 2.28. The Morgan fingerprint density at radius 2 is 1.89 bits per heavy atom. The quantitative estimate of drug-likeness (QED) is 0.871. The Labute approximate surface area is 111 Å². The van der Waals surface area contributed by atoms with Crippen molar-refractivity contribution in [2.45, 2.75) is 33.6 Å². The molecular formula is C15H17NO3. The summed E-state index contributed by atoms with van der Waals surface area (Å²) in [6, 6.07) is 3.84. The molecule has 0 aliphatic rings. The summed E-state index contributed by atoms with van der Waals surface area (Å²) >= 11 is 0. The van der Waals surface area contributed by atoms with Gasteiger partial charge >= 0.3 is 5.97 Å². The van der Waals surface area contributed by atoms with Crippen LogP contribution in [0.1, 0.15) is 46.8 Å². The van der Waals surface area contributed by atoms with Gasteiger partial charge in [-0.2, -0.15) is 0 Å². The molecule has 0 radical (unpaired) electrons. The Morgan fingerprint density at radius 1 is 1.26 bits per heavy atom. The number of rotatable bonds is 2. The van der Waals surface area contributed by atoms with Crippen LogP contribution in [0.15, 0.2) is 16.9 Å². The second-order valence-corrected chi connectivity index (χ2v) is 5.13. The van der Waals surface area contributed by atoms with Gasteiger partial charge in [-0.15, -0.1) is 0 Å². The Morgan fingerprint density at radius 3 is 2.42 bits per heavy atom. The van der Waals surface area contributed by atoms with Crippen molar-refractivity contribution in [1.29, 1.82) is 0 Å². The molecule has 1 aromatic heterocycles. The zero-order valence-corrected chi connectivity index (χ0v) is 11.5. The summed E-state index contributed by atoms with van der Waals surface area (Å²) in [4.78, 5) is 26.1. The summed E-state index contributed by atoms with van der Waals surface area (Å²) in [5.41, 5.74) is 2.71. The molecule has 19 heavy (non-hydrogen) atoms. The standard InChI is InChI=1S/C15H17NO3/c1-7(2)11-10-6-5-8(3)9(4)13(10)16-14(17)12(11)15(18)19/h5-7H,1-4H3,(H,16,17)(H,18,19). The minimum absolute atomic E-state index is 0.0296. The molecule has 0 bridgehead atoms. The third kappa shape index (κ3) is 2.03. The molecule has 0 fully saturated rings. The van der Waals surface area contributed by atoms with Gasteiger partial charge in [0.2, 0.25) is 0 Å². The van der Waals surface area contributed by atoms with Gasteiger partial charge in [-0.1, -0.05) is 26.0 Å². The van der Waals surface area contributed by atoms with Crippen molar-refractivity contribution in [1.82, 2.24) is 4.98 Å². The summed E-state index contributed by atoms with van der Waals surface area (Å²) in [6.07, 6.45) is 0. The molecule has 2 aromatic rings. The van der Waals surface area contributed by atoms with E-state index >= 15 is 0 Å². The number of pyridine rings is 1.